The Kier molecular flexibility index (Phi) is 10.4. The largest absolute Gasteiger partial charge is 1.00 e. The van der Waals surface area contributed by atoms with Crippen LogP contribution in [-0.2, 0) is 4.79 Å². The fraction of sp³-hybridized carbons (Fsp3) is 0.800. The van der Waals surface area contributed by atoms with Crippen molar-refractivity contribution in [2.75, 3.05) is 6.61 Å². The first kappa shape index (κ1) is 14.7. The van der Waals surface area contributed by atoms with Gasteiger partial charge < -0.3 is 26.6 Å². The van der Waals surface area contributed by atoms with Crippen molar-refractivity contribution in [1.82, 2.24) is 0 Å². The summed E-state index contributed by atoms with van der Waals surface area (Å²) in [7, 11) is 0. The van der Waals surface area contributed by atoms with Crippen molar-refractivity contribution in [2.45, 2.75) is 18.3 Å². The Bertz CT molecular complexity index is 114. The van der Waals surface area contributed by atoms with E-state index < -0.39 is 24.9 Å². The van der Waals surface area contributed by atoms with Crippen molar-refractivity contribution < 1.29 is 78.0 Å². The third-order valence-corrected chi connectivity index (χ3v) is 1.07. The number of rotatable bonds is 4. The zero-order chi connectivity index (χ0) is 8.15. The standard InChI is InChI=1S/C5H10O5.K.H/c6-1-3(8)5(10)4(9)2-7;;/h1,3-5,7-10H,2H2;;/q;+1;-1/t3-,4+,5-;;/m0../s1. The molecule has 0 aliphatic heterocycles. The fourth-order valence-electron chi connectivity index (χ4n) is 0.416. The first-order valence-electron chi connectivity index (χ1n) is 2.73. The number of carbonyl (C=O) groups excluding carboxylic acids is 1. The molecule has 0 aromatic heterocycles. The van der Waals surface area contributed by atoms with Gasteiger partial charge in [-0.3, -0.25) is 0 Å². The average molecular weight is 190 g/mol. The maximum absolute atomic E-state index is 9.76. The van der Waals surface area contributed by atoms with Gasteiger partial charge in [-0.25, -0.2) is 0 Å². The molecule has 0 rings (SSSR count). The molecule has 0 fully saturated rings. The first-order valence-corrected chi connectivity index (χ1v) is 2.73. The summed E-state index contributed by atoms with van der Waals surface area (Å²) in [5.41, 5.74) is 0. The molecule has 5 nitrogen and oxygen atoms in total. The van der Waals surface area contributed by atoms with Gasteiger partial charge in [0.15, 0.2) is 6.29 Å². The Morgan fingerprint density at radius 1 is 1.36 bits per heavy atom. The zero-order valence-corrected chi connectivity index (χ0v) is 9.34. The van der Waals surface area contributed by atoms with Crippen LogP contribution in [0.5, 0.6) is 0 Å². The van der Waals surface area contributed by atoms with Gasteiger partial charge in [-0.1, -0.05) is 0 Å². The molecule has 6 heteroatoms. The molecule has 4 N–H and O–H groups in total. The summed E-state index contributed by atoms with van der Waals surface area (Å²) in [5, 5.41) is 34.1. The van der Waals surface area contributed by atoms with Gasteiger partial charge in [-0.15, -0.1) is 0 Å². The third kappa shape index (κ3) is 5.40. The molecule has 0 radical (unpaired) electrons. The second-order valence-electron chi connectivity index (χ2n) is 1.87. The molecule has 11 heavy (non-hydrogen) atoms. The van der Waals surface area contributed by atoms with E-state index in [4.69, 9.17) is 20.4 Å². The van der Waals surface area contributed by atoms with Crippen LogP contribution in [0.15, 0.2) is 0 Å². The molecule has 0 bridgehead atoms. The smallest absolute Gasteiger partial charge is 1.00 e. The van der Waals surface area contributed by atoms with Gasteiger partial charge in [0.25, 0.3) is 0 Å². The van der Waals surface area contributed by atoms with Crippen LogP contribution in [0.4, 0.5) is 0 Å². The summed E-state index contributed by atoms with van der Waals surface area (Å²) in [4.78, 5) is 9.76. The predicted molar refractivity (Wildman–Crippen MR) is 32.3 cm³/mol. The van der Waals surface area contributed by atoms with E-state index in [9.17, 15) is 4.79 Å². The van der Waals surface area contributed by atoms with E-state index >= 15 is 0 Å². The normalized spacial score (nSPS) is 17.8. The summed E-state index contributed by atoms with van der Waals surface area (Å²) < 4.78 is 0. The van der Waals surface area contributed by atoms with Crippen molar-refractivity contribution >= 4 is 6.29 Å². The Labute approximate surface area is 108 Å². The average Bonchev–Trinajstić information content (AvgIpc) is 2.00. The second kappa shape index (κ2) is 7.78. The predicted octanol–water partition coefficient (Wildman–Crippen LogP) is -5.62. The third-order valence-electron chi connectivity index (χ3n) is 1.07. The Morgan fingerprint density at radius 3 is 2.09 bits per heavy atom. The summed E-state index contributed by atoms with van der Waals surface area (Å²) in [5.74, 6) is 0. The maximum atomic E-state index is 9.76. The van der Waals surface area contributed by atoms with E-state index in [1.165, 1.54) is 0 Å². The van der Waals surface area contributed by atoms with Gasteiger partial charge in [-0.05, 0) is 0 Å². The number of hydrogen-bond donors (Lipinski definition) is 4. The second-order valence-corrected chi connectivity index (χ2v) is 1.87. The molecule has 0 aliphatic carbocycles. The minimum Gasteiger partial charge on any atom is -1.00 e. The zero-order valence-electron chi connectivity index (χ0n) is 7.21. The van der Waals surface area contributed by atoms with Crippen molar-refractivity contribution in [1.29, 1.82) is 0 Å². The first-order chi connectivity index (χ1) is 4.63. The number of aliphatic hydroxyl groups is 4. The van der Waals surface area contributed by atoms with E-state index in [0.29, 0.717) is 0 Å². The molecule has 0 aliphatic rings. The Morgan fingerprint density at radius 2 is 1.82 bits per heavy atom. The van der Waals surface area contributed by atoms with Crippen LogP contribution in [0.25, 0.3) is 0 Å². The fourth-order valence-corrected chi connectivity index (χ4v) is 0.416. The van der Waals surface area contributed by atoms with Crippen LogP contribution in [0, 0.1) is 0 Å². The van der Waals surface area contributed by atoms with Crippen LogP contribution in [0.1, 0.15) is 1.43 Å². The van der Waals surface area contributed by atoms with Gasteiger partial charge >= 0.3 is 51.4 Å². The van der Waals surface area contributed by atoms with E-state index in [1.54, 1.807) is 0 Å². The number of hydrogen-bond acceptors (Lipinski definition) is 5. The summed E-state index contributed by atoms with van der Waals surface area (Å²) >= 11 is 0. The van der Waals surface area contributed by atoms with Crippen molar-refractivity contribution in [2.24, 2.45) is 0 Å². The Balaban J connectivity index is -0.000000405. The maximum Gasteiger partial charge on any atom is 1.00 e. The quantitative estimate of drug-likeness (QED) is 0.262. The van der Waals surface area contributed by atoms with Crippen LogP contribution in [-0.4, -0.2) is 51.6 Å². The van der Waals surface area contributed by atoms with Crippen LogP contribution in [0.3, 0.4) is 0 Å². The van der Waals surface area contributed by atoms with E-state index in [0.717, 1.165) is 0 Å². The van der Waals surface area contributed by atoms with Gasteiger partial charge in [-0.2, -0.15) is 0 Å². The van der Waals surface area contributed by atoms with E-state index in [1.807, 2.05) is 0 Å². The molecule has 0 spiro atoms. The van der Waals surface area contributed by atoms with Crippen LogP contribution >= 0.6 is 0 Å². The van der Waals surface area contributed by atoms with Crippen molar-refractivity contribution in [3.05, 3.63) is 0 Å². The molecular weight excluding hydrogens is 179 g/mol. The van der Waals surface area contributed by atoms with Gasteiger partial charge in [0.1, 0.15) is 18.3 Å². The molecule has 62 valence electrons. The summed E-state index contributed by atoms with van der Waals surface area (Å²) in [6.07, 6.45) is -4.63. The number of aliphatic hydroxyl groups excluding tert-OH is 4. The van der Waals surface area contributed by atoms with E-state index in [-0.39, 0.29) is 59.1 Å². The molecule has 0 aromatic rings. The SMILES string of the molecule is O=C[C@H](O)[C@H](O)[C@H](O)CO.[H-].[K+]. The van der Waals surface area contributed by atoms with Crippen molar-refractivity contribution in [3.8, 4) is 0 Å². The molecule has 0 saturated heterocycles. The molecule has 0 unspecified atom stereocenters. The summed E-state index contributed by atoms with van der Waals surface area (Å²) in [6.45, 7) is -0.688. The van der Waals surface area contributed by atoms with Crippen molar-refractivity contribution in [3.63, 3.8) is 0 Å². The number of carbonyl (C=O) groups is 1. The molecule has 3 atom stereocenters. The topological polar surface area (TPSA) is 98.0 Å². The molecule has 0 amide bonds. The van der Waals surface area contributed by atoms with Gasteiger partial charge in [0, 0.05) is 0 Å². The minimum atomic E-state index is -1.64. The number of aldehydes is 1. The van der Waals surface area contributed by atoms with Crippen LogP contribution < -0.4 is 51.4 Å². The minimum absolute atomic E-state index is 0. The van der Waals surface area contributed by atoms with Gasteiger partial charge in [0.2, 0.25) is 0 Å². The Hall–Kier alpha value is 1.15. The molecule has 0 saturated carbocycles. The summed E-state index contributed by atoms with van der Waals surface area (Å²) in [6, 6.07) is 0. The van der Waals surface area contributed by atoms with Gasteiger partial charge in [0.05, 0.1) is 6.61 Å². The molecular formula is C5H11KO5. The van der Waals surface area contributed by atoms with E-state index in [2.05, 4.69) is 0 Å². The van der Waals surface area contributed by atoms with Crippen LogP contribution in [0.2, 0.25) is 0 Å². The molecule has 0 heterocycles. The monoisotopic (exact) mass is 190 g/mol. The molecule has 0 aromatic carbocycles.